The topological polar surface area (TPSA) is 61.6 Å². The van der Waals surface area contributed by atoms with Crippen molar-refractivity contribution in [2.24, 2.45) is 0 Å². The highest BCUT2D eigenvalue weighted by Crippen LogP contribution is 2.30. The van der Waals surface area contributed by atoms with Crippen LogP contribution in [0.25, 0.3) is 0 Å². The molecule has 0 amide bonds. The van der Waals surface area contributed by atoms with Gasteiger partial charge in [-0.1, -0.05) is 13.3 Å². The number of carbonyl (C=O) groups is 1. The van der Waals surface area contributed by atoms with Gasteiger partial charge in [-0.05, 0) is 19.8 Å². The zero-order chi connectivity index (χ0) is 13.1. The Hall–Kier alpha value is -1.36. The van der Waals surface area contributed by atoms with Gasteiger partial charge in [0, 0.05) is 0 Å². The average Bonchev–Trinajstić information content (AvgIpc) is 2.95. The minimum absolute atomic E-state index is 0.147. The summed E-state index contributed by atoms with van der Waals surface area (Å²) in [5, 5.41) is 0. The highest BCUT2D eigenvalue weighted by atomic mass is 16.5. The number of esters is 1. The first-order valence-electron chi connectivity index (χ1n) is 6.35. The Labute approximate surface area is 106 Å². The third-order valence-corrected chi connectivity index (χ3v) is 3.12. The summed E-state index contributed by atoms with van der Waals surface area (Å²) in [6, 6.07) is 0. The van der Waals surface area contributed by atoms with E-state index < -0.39 is 5.97 Å². The second-order valence-electron chi connectivity index (χ2n) is 4.65. The van der Waals surface area contributed by atoms with Crippen molar-refractivity contribution in [3.8, 4) is 0 Å². The molecule has 0 aromatic carbocycles. The molecule has 1 aromatic heterocycles. The van der Waals surface area contributed by atoms with E-state index in [2.05, 4.69) is 4.98 Å². The Morgan fingerprint density at radius 3 is 2.89 bits per heavy atom. The van der Waals surface area contributed by atoms with Crippen molar-refractivity contribution in [1.29, 1.82) is 0 Å². The molecule has 1 saturated heterocycles. The van der Waals surface area contributed by atoms with Crippen LogP contribution in [-0.2, 0) is 15.9 Å². The lowest BCUT2D eigenvalue weighted by molar-refractivity contribution is 0.0560. The van der Waals surface area contributed by atoms with Crippen LogP contribution >= 0.6 is 0 Å². The minimum Gasteiger partial charge on any atom is -0.463 e. The van der Waals surface area contributed by atoms with Crippen molar-refractivity contribution in [1.82, 2.24) is 4.98 Å². The van der Waals surface area contributed by atoms with Gasteiger partial charge in [0.1, 0.15) is 0 Å². The van der Waals surface area contributed by atoms with E-state index >= 15 is 0 Å². The lowest BCUT2D eigenvalue weighted by Gasteiger charge is -2.00. The van der Waals surface area contributed by atoms with Crippen molar-refractivity contribution in [3.63, 3.8) is 0 Å². The van der Waals surface area contributed by atoms with Gasteiger partial charge in [0.05, 0.1) is 31.4 Å². The standard InChI is InChI=1S/C13H19NO4/c1-4-5-10-11(13(15)16-3)18-12(14-10)9-6-8(2)17-7-9/h8-9H,4-7H2,1-3H3. The highest BCUT2D eigenvalue weighted by Gasteiger charge is 2.30. The summed E-state index contributed by atoms with van der Waals surface area (Å²) in [4.78, 5) is 16.1. The van der Waals surface area contributed by atoms with Crippen LogP contribution in [0.2, 0.25) is 0 Å². The summed E-state index contributed by atoms with van der Waals surface area (Å²) in [5.74, 6) is 0.537. The third-order valence-electron chi connectivity index (χ3n) is 3.12. The van der Waals surface area contributed by atoms with E-state index in [1.54, 1.807) is 0 Å². The second-order valence-corrected chi connectivity index (χ2v) is 4.65. The fourth-order valence-electron chi connectivity index (χ4n) is 2.19. The molecule has 2 heterocycles. The monoisotopic (exact) mass is 253 g/mol. The molecule has 0 N–H and O–H groups in total. The van der Waals surface area contributed by atoms with Gasteiger partial charge in [-0.2, -0.15) is 0 Å². The summed E-state index contributed by atoms with van der Waals surface area (Å²) in [7, 11) is 1.35. The quantitative estimate of drug-likeness (QED) is 0.770. The fourth-order valence-corrected chi connectivity index (χ4v) is 2.19. The smallest absolute Gasteiger partial charge is 0.375 e. The first-order chi connectivity index (χ1) is 8.65. The van der Waals surface area contributed by atoms with E-state index in [0.717, 1.165) is 19.3 Å². The Bertz CT molecular complexity index is 427. The molecule has 2 atom stereocenters. The van der Waals surface area contributed by atoms with Crippen molar-refractivity contribution in [3.05, 3.63) is 17.3 Å². The fraction of sp³-hybridized carbons (Fsp3) is 0.692. The van der Waals surface area contributed by atoms with Crippen molar-refractivity contribution in [2.75, 3.05) is 13.7 Å². The van der Waals surface area contributed by atoms with Crippen LogP contribution < -0.4 is 0 Å². The number of carbonyl (C=O) groups excluding carboxylic acids is 1. The normalized spacial score (nSPS) is 23.3. The number of hydrogen-bond acceptors (Lipinski definition) is 5. The van der Waals surface area contributed by atoms with E-state index in [9.17, 15) is 4.79 Å². The maximum absolute atomic E-state index is 11.6. The van der Waals surface area contributed by atoms with Crippen LogP contribution in [0.5, 0.6) is 0 Å². The van der Waals surface area contributed by atoms with Crippen molar-refractivity contribution < 1.29 is 18.7 Å². The number of nitrogens with zero attached hydrogens (tertiary/aromatic N) is 1. The van der Waals surface area contributed by atoms with Crippen LogP contribution in [-0.4, -0.2) is 30.8 Å². The molecule has 2 unspecified atom stereocenters. The molecule has 0 aliphatic carbocycles. The zero-order valence-corrected chi connectivity index (χ0v) is 11.1. The molecular formula is C13H19NO4. The van der Waals surface area contributed by atoms with E-state index in [1.807, 2.05) is 13.8 Å². The largest absolute Gasteiger partial charge is 0.463 e. The summed E-state index contributed by atoms with van der Waals surface area (Å²) in [6.07, 6.45) is 2.73. The highest BCUT2D eigenvalue weighted by molar-refractivity contribution is 5.87. The number of aryl methyl sites for hydroxylation is 1. The summed E-state index contributed by atoms with van der Waals surface area (Å²) >= 11 is 0. The third kappa shape index (κ3) is 2.56. The SMILES string of the molecule is CCCc1nc(C2COC(C)C2)oc1C(=O)OC. The maximum atomic E-state index is 11.6. The lowest BCUT2D eigenvalue weighted by atomic mass is 10.1. The minimum atomic E-state index is -0.454. The average molecular weight is 253 g/mol. The van der Waals surface area contributed by atoms with Gasteiger partial charge in [-0.15, -0.1) is 0 Å². The van der Waals surface area contributed by atoms with Gasteiger partial charge in [-0.25, -0.2) is 9.78 Å². The molecule has 0 radical (unpaired) electrons. The Morgan fingerprint density at radius 1 is 1.56 bits per heavy atom. The van der Waals surface area contributed by atoms with Gasteiger partial charge in [0.2, 0.25) is 11.7 Å². The van der Waals surface area contributed by atoms with Crippen molar-refractivity contribution in [2.45, 2.75) is 45.1 Å². The molecule has 100 valence electrons. The first-order valence-corrected chi connectivity index (χ1v) is 6.35. The number of oxazole rings is 1. The molecule has 0 saturated carbocycles. The predicted molar refractivity (Wildman–Crippen MR) is 64.6 cm³/mol. The van der Waals surface area contributed by atoms with E-state index in [0.29, 0.717) is 18.2 Å². The molecule has 0 spiro atoms. The molecule has 1 aliphatic heterocycles. The van der Waals surface area contributed by atoms with Crippen LogP contribution in [0.1, 0.15) is 54.7 Å². The Balaban J connectivity index is 2.24. The van der Waals surface area contributed by atoms with Gasteiger partial charge in [0.25, 0.3) is 0 Å². The Morgan fingerprint density at radius 2 is 2.33 bits per heavy atom. The molecular weight excluding hydrogens is 234 g/mol. The number of hydrogen-bond donors (Lipinski definition) is 0. The van der Waals surface area contributed by atoms with Crippen LogP contribution in [0.15, 0.2) is 4.42 Å². The maximum Gasteiger partial charge on any atom is 0.375 e. The summed E-state index contributed by atoms with van der Waals surface area (Å²) in [5.41, 5.74) is 0.693. The van der Waals surface area contributed by atoms with Crippen LogP contribution in [0, 0.1) is 0 Å². The molecule has 18 heavy (non-hydrogen) atoms. The second kappa shape index (κ2) is 5.52. The van der Waals surface area contributed by atoms with Crippen LogP contribution in [0.4, 0.5) is 0 Å². The van der Waals surface area contributed by atoms with Gasteiger partial charge in [0.15, 0.2) is 0 Å². The predicted octanol–water partition coefficient (Wildman–Crippen LogP) is 2.31. The van der Waals surface area contributed by atoms with Crippen molar-refractivity contribution >= 4 is 5.97 Å². The lowest BCUT2D eigenvalue weighted by Crippen LogP contribution is -2.03. The van der Waals surface area contributed by atoms with Gasteiger partial charge >= 0.3 is 5.97 Å². The summed E-state index contributed by atoms with van der Waals surface area (Å²) < 4.78 is 15.8. The molecule has 5 nitrogen and oxygen atoms in total. The molecule has 5 heteroatoms. The van der Waals surface area contributed by atoms with E-state index in [1.165, 1.54) is 7.11 Å². The van der Waals surface area contributed by atoms with E-state index in [-0.39, 0.29) is 17.8 Å². The molecule has 1 aromatic rings. The summed E-state index contributed by atoms with van der Waals surface area (Å²) in [6.45, 7) is 4.67. The molecule has 1 fully saturated rings. The molecule has 2 rings (SSSR count). The molecule has 1 aliphatic rings. The number of rotatable bonds is 4. The number of ether oxygens (including phenoxy) is 2. The van der Waals surface area contributed by atoms with Gasteiger partial charge in [-0.3, -0.25) is 0 Å². The number of methoxy groups -OCH3 is 1. The zero-order valence-electron chi connectivity index (χ0n) is 11.1. The number of aromatic nitrogens is 1. The Kier molecular flexibility index (Phi) is 4.01. The van der Waals surface area contributed by atoms with Gasteiger partial charge < -0.3 is 13.9 Å². The molecule has 0 bridgehead atoms. The first kappa shape index (κ1) is 13.1. The van der Waals surface area contributed by atoms with E-state index in [4.69, 9.17) is 13.9 Å². The van der Waals surface area contributed by atoms with Crippen LogP contribution in [0.3, 0.4) is 0 Å².